The fourth-order valence-electron chi connectivity index (χ4n) is 1.24. The lowest BCUT2D eigenvalue weighted by Crippen LogP contribution is -2.51. The van der Waals surface area contributed by atoms with E-state index in [4.69, 9.17) is 9.84 Å². The van der Waals surface area contributed by atoms with Gasteiger partial charge in [0.1, 0.15) is 6.04 Å². The molecule has 0 aliphatic rings. The quantitative estimate of drug-likeness (QED) is 0.642. The summed E-state index contributed by atoms with van der Waals surface area (Å²) in [5, 5.41) is 14.1. The molecule has 3 N–H and O–H groups in total. The zero-order valence-electron chi connectivity index (χ0n) is 11.7. The third kappa shape index (κ3) is 5.86. The van der Waals surface area contributed by atoms with Gasteiger partial charge >= 0.3 is 12.0 Å². The van der Waals surface area contributed by atoms with E-state index in [1.54, 1.807) is 14.0 Å². The highest BCUT2D eigenvalue weighted by Gasteiger charge is 2.26. The summed E-state index contributed by atoms with van der Waals surface area (Å²) in [4.78, 5) is 22.6. The molecule has 18 heavy (non-hydrogen) atoms. The molecule has 0 saturated heterocycles. The lowest BCUT2D eigenvalue weighted by molar-refractivity contribution is -0.140. The molecule has 0 aromatic carbocycles. The van der Waals surface area contributed by atoms with Crippen LogP contribution < -0.4 is 10.6 Å². The molecule has 0 saturated carbocycles. The Balaban J connectivity index is 4.32. The smallest absolute Gasteiger partial charge is 0.326 e. The third-order valence-electron chi connectivity index (χ3n) is 2.99. The first-order valence-corrected chi connectivity index (χ1v) is 6.05. The minimum absolute atomic E-state index is 0.122. The topological polar surface area (TPSA) is 87.7 Å². The van der Waals surface area contributed by atoms with E-state index in [9.17, 15) is 9.59 Å². The zero-order valence-corrected chi connectivity index (χ0v) is 11.7. The van der Waals surface area contributed by atoms with Gasteiger partial charge in [-0.1, -0.05) is 20.3 Å². The Kier molecular flexibility index (Phi) is 6.68. The molecule has 0 radical (unpaired) electrons. The minimum Gasteiger partial charge on any atom is -0.480 e. The Morgan fingerprint density at radius 1 is 1.39 bits per heavy atom. The van der Waals surface area contributed by atoms with Crippen molar-refractivity contribution in [1.82, 2.24) is 10.6 Å². The largest absolute Gasteiger partial charge is 0.480 e. The van der Waals surface area contributed by atoms with Gasteiger partial charge in [-0.15, -0.1) is 0 Å². The van der Waals surface area contributed by atoms with Crippen LogP contribution >= 0.6 is 0 Å². The van der Waals surface area contributed by atoms with Crippen molar-refractivity contribution in [3.05, 3.63) is 0 Å². The van der Waals surface area contributed by atoms with Crippen molar-refractivity contribution in [2.75, 3.05) is 13.7 Å². The van der Waals surface area contributed by atoms with Gasteiger partial charge < -0.3 is 20.5 Å². The lowest BCUT2D eigenvalue weighted by atomic mass is 9.99. The molecule has 106 valence electrons. The van der Waals surface area contributed by atoms with Gasteiger partial charge in [0.15, 0.2) is 0 Å². The number of hydrogen-bond donors (Lipinski definition) is 3. The van der Waals surface area contributed by atoms with Crippen LogP contribution in [0.25, 0.3) is 0 Å². The van der Waals surface area contributed by atoms with E-state index in [0.717, 1.165) is 0 Å². The third-order valence-corrected chi connectivity index (χ3v) is 2.99. The summed E-state index contributed by atoms with van der Waals surface area (Å²) >= 11 is 0. The van der Waals surface area contributed by atoms with E-state index in [2.05, 4.69) is 10.6 Å². The molecule has 0 heterocycles. The highest BCUT2D eigenvalue weighted by Crippen LogP contribution is 2.08. The predicted octanol–water partition coefficient (Wildman–Crippen LogP) is 1.21. The van der Waals surface area contributed by atoms with Gasteiger partial charge in [0.2, 0.25) is 0 Å². The molecule has 2 atom stereocenters. The number of carboxylic acids is 1. The van der Waals surface area contributed by atoms with Crippen molar-refractivity contribution in [3.8, 4) is 0 Å². The van der Waals surface area contributed by atoms with E-state index in [0.29, 0.717) is 13.0 Å². The van der Waals surface area contributed by atoms with Crippen molar-refractivity contribution < 1.29 is 19.4 Å². The van der Waals surface area contributed by atoms with Crippen LogP contribution in [0.5, 0.6) is 0 Å². The fraction of sp³-hybridized carbons (Fsp3) is 0.833. The van der Waals surface area contributed by atoms with Gasteiger partial charge in [0.25, 0.3) is 0 Å². The van der Waals surface area contributed by atoms with Gasteiger partial charge in [-0.3, -0.25) is 0 Å². The SMILES string of the molecule is CCC(C)C(NC(=O)NCC(C)(C)OC)C(=O)O. The van der Waals surface area contributed by atoms with Crippen LogP contribution in [0, 0.1) is 5.92 Å². The average molecular weight is 260 g/mol. The second-order valence-electron chi connectivity index (χ2n) is 4.99. The van der Waals surface area contributed by atoms with Crippen LogP contribution in [-0.4, -0.2) is 42.4 Å². The first-order chi connectivity index (χ1) is 8.23. The van der Waals surface area contributed by atoms with E-state index in [-0.39, 0.29) is 5.92 Å². The number of carbonyl (C=O) groups is 2. The van der Waals surface area contributed by atoms with Crippen molar-refractivity contribution >= 4 is 12.0 Å². The van der Waals surface area contributed by atoms with Crippen LogP contribution in [-0.2, 0) is 9.53 Å². The molecule has 6 heteroatoms. The highest BCUT2D eigenvalue weighted by atomic mass is 16.5. The van der Waals surface area contributed by atoms with E-state index in [1.165, 1.54) is 0 Å². The number of ether oxygens (including phenoxy) is 1. The molecule has 0 aromatic heterocycles. The summed E-state index contributed by atoms with van der Waals surface area (Å²) in [6.45, 7) is 7.64. The maximum Gasteiger partial charge on any atom is 0.326 e. The predicted molar refractivity (Wildman–Crippen MR) is 68.5 cm³/mol. The molecule has 0 bridgehead atoms. The van der Waals surface area contributed by atoms with Gasteiger partial charge in [-0.25, -0.2) is 9.59 Å². The summed E-state index contributed by atoms with van der Waals surface area (Å²) in [5.41, 5.74) is -0.480. The number of aliphatic carboxylic acids is 1. The molecular weight excluding hydrogens is 236 g/mol. The van der Waals surface area contributed by atoms with Crippen molar-refractivity contribution in [2.24, 2.45) is 5.92 Å². The lowest BCUT2D eigenvalue weighted by Gasteiger charge is -2.25. The number of rotatable bonds is 7. The summed E-state index contributed by atoms with van der Waals surface area (Å²) in [7, 11) is 1.55. The molecule has 2 amide bonds. The molecular formula is C12H24N2O4. The Morgan fingerprint density at radius 2 is 1.94 bits per heavy atom. The van der Waals surface area contributed by atoms with E-state index in [1.807, 2.05) is 20.8 Å². The van der Waals surface area contributed by atoms with Crippen molar-refractivity contribution in [2.45, 2.75) is 45.8 Å². The molecule has 0 aromatic rings. The Morgan fingerprint density at radius 3 is 2.33 bits per heavy atom. The van der Waals surface area contributed by atoms with E-state index < -0.39 is 23.6 Å². The average Bonchev–Trinajstić information content (AvgIpc) is 2.32. The maximum absolute atomic E-state index is 11.6. The summed E-state index contributed by atoms with van der Waals surface area (Å²) in [6.07, 6.45) is 0.681. The standard InChI is InChI=1S/C12H24N2O4/c1-6-8(2)9(10(15)16)14-11(17)13-7-12(3,4)18-5/h8-9H,6-7H2,1-5H3,(H,15,16)(H2,13,14,17). The van der Waals surface area contributed by atoms with Crippen LogP contribution in [0.15, 0.2) is 0 Å². The molecule has 0 aliphatic carbocycles. The summed E-state index contributed by atoms with van der Waals surface area (Å²) in [5.74, 6) is -1.14. The van der Waals surface area contributed by atoms with Crippen LogP contribution in [0.2, 0.25) is 0 Å². The van der Waals surface area contributed by atoms with E-state index >= 15 is 0 Å². The van der Waals surface area contributed by atoms with Gasteiger partial charge in [0, 0.05) is 13.7 Å². The maximum atomic E-state index is 11.6. The molecule has 0 spiro atoms. The summed E-state index contributed by atoms with van der Waals surface area (Å²) in [6, 6.07) is -1.37. The van der Waals surface area contributed by atoms with Crippen LogP contribution in [0.3, 0.4) is 0 Å². The summed E-state index contributed by atoms with van der Waals surface area (Å²) < 4.78 is 5.15. The highest BCUT2D eigenvalue weighted by molar-refractivity contribution is 5.82. The molecule has 2 unspecified atom stereocenters. The zero-order chi connectivity index (χ0) is 14.3. The van der Waals surface area contributed by atoms with Crippen LogP contribution in [0.4, 0.5) is 4.79 Å². The number of nitrogens with one attached hydrogen (secondary N) is 2. The number of amides is 2. The molecule has 0 rings (SSSR count). The normalized spacial score (nSPS) is 14.7. The van der Waals surface area contributed by atoms with Crippen molar-refractivity contribution in [1.29, 1.82) is 0 Å². The number of carbonyl (C=O) groups excluding carboxylic acids is 1. The molecule has 0 aliphatic heterocycles. The first kappa shape index (κ1) is 16.7. The van der Waals surface area contributed by atoms with Crippen molar-refractivity contribution in [3.63, 3.8) is 0 Å². The first-order valence-electron chi connectivity index (χ1n) is 6.05. The van der Waals surface area contributed by atoms with Gasteiger partial charge in [0.05, 0.1) is 5.60 Å². The number of methoxy groups -OCH3 is 1. The fourth-order valence-corrected chi connectivity index (χ4v) is 1.24. The number of carboxylic acid groups (broad SMARTS) is 1. The number of urea groups is 1. The Labute approximate surface area is 108 Å². The molecule has 0 fully saturated rings. The number of hydrogen-bond acceptors (Lipinski definition) is 3. The second kappa shape index (κ2) is 7.20. The second-order valence-corrected chi connectivity index (χ2v) is 4.99. The Hall–Kier alpha value is -1.30. The van der Waals surface area contributed by atoms with Gasteiger partial charge in [-0.05, 0) is 19.8 Å². The van der Waals surface area contributed by atoms with Gasteiger partial charge in [-0.2, -0.15) is 0 Å². The van der Waals surface area contributed by atoms with Crippen LogP contribution in [0.1, 0.15) is 34.1 Å². The Bertz CT molecular complexity index is 292. The monoisotopic (exact) mass is 260 g/mol. The molecule has 6 nitrogen and oxygen atoms in total. The minimum atomic E-state index is -1.02.